The van der Waals surface area contributed by atoms with Gasteiger partial charge in [-0.25, -0.2) is 0 Å². The molecule has 0 bridgehead atoms. The zero-order valence-electron chi connectivity index (χ0n) is 4.44. The number of halogens is 3. The monoisotopic (exact) mass is 142 g/mol. The van der Waals surface area contributed by atoms with Crippen LogP contribution in [0.1, 0.15) is 0 Å². The summed E-state index contributed by atoms with van der Waals surface area (Å²) in [5.41, 5.74) is 0. The fourth-order valence-electron chi connectivity index (χ4n) is 0.522. The van der Waals surface area contributed by atoms with E-state index < -0.39 is 12.3 Å². The third-order valence-corrected chi connectivity index (χ3v) is 0.987. The van der Waals surface area contributed by atoms with Crippen molar-refractivity contribution in [2.45, 2.75) is 12.3 Å². The van der Waals surface area contributed by atoms with E-state index >= 15 is 0 Å². The van der Waals surface area contributed by atoms with Gasteiger partial charge in [0, 0.05) is 0 Å². The molecule has 1 aliphatic heterocycles. The van der Waals surface area contributed by atoms with E-state index in [1.165, 1.54) is 0 Å². The van der Waals surface area contributed by atoms with Crippen LogP contribution in [0.15, 0.2) is 0 Å². The van der Waals surface area contributed by atoms with Gasteiger partial charge in [0.15, 0.2) is 6.10 Å². The molecule has 0 aromatic carbocycles. The Morgan fingerprint density at radius 3 is 2.22 bits per heavy atom. The number of hydrogen-bond donors (Lipinski definition) is 0. The van der Waals surface area contributed by atoms with Gasteiger partial charge in [-0.3, -0.25) is 0 Å². The van der Waals surface area contributed by atoms with Gasteiger partial charge in [0.2, 0.25) is 0 Å². The Labute approximate surface area is 49.6 Å². The molecule has 2 nitrogen and oxygen atoms in total. The second-order valence-electron chi connectivity index (χ2n) is 1.69. The minimum Gasteiger partial charge on any atom is -0.352 e. The summed E-state index contributed by atoms with van der Waals surface area (Å²) in [6.07, 6.45) is -5.98. The normalized spacial score (nSPS) is 29.0. The van der Waals surface area contributed by atoms with Gasteiger partial charge in [0.05, 0.1) is 6.61 Å². The third kappa shape index (κ3) is 1.56. The van der Waals surface area contributed by atoms with Gasteiger partial charge < -0.3 is 9.47 Å². The Morgan fingerprint density at radius 2 is 2.00 bits per heavy atom. The fraction of sp³-hybridized carbons (Fsp3) is 1.00. The summed E-state index contributed by atoms with van der Waals surface area (Å²) >= 11 is 0. The first-order valence-electron chi connectivity index (χ1n) is 2.37. The van der Waals surface area contributed by atoms with E-state index in [1.807, 2.05) is 0 Å². The van der Waals surface area contributed by atoms with Crippen LogP contribution in [-0.2, 0) is 9.47 Å². The van der Waals surface area contributed by atoms with Crippen molar-refractivity contribution in [1.29, 1.82) is 0 Å². The van der Waals surface area contributed by atoms with Crippen LogP contribution in [0.25, 0.3) is 0 Å². The summed E-state index contributed by atoms with van der Waals surface area (Å²) in [5.74, 6) is 0. The average molecular weight is 142 g/mol. The standard InChI is InChI=1S/C4H5F3O2/c5-4(6,7)3-1-8-2-9-3/h3H,1-2H2. The molecule has 0 spiro atoms. The molecule has 0 radical (unpaired) electrons. The van der Waals surface area contributed by atoms with E-state index in [2.05, 4.69) is 9.47 Å². The van der Waals surface area contributed by atoms with Crippen LogP contribution < -0.4 is 0 Å². The van der Waals surface area contributed by atoms with Gasteiger partial charge in [0.25, 0.3) is 0 Å². The van der Waals surface area contributed by atoms with Crippen LogP contribution in [0, 0.1) is 0 Å². The van der Waals surface area contributed by atoms with E-state index in [9.17, 15) is 13.2 Å². The molecule has 1 heterocycles. The van der Waals surface area contributed by atoms with Crippen LogP contribution in [0.2, 0.25) is 0 Å². The van der Waals surface area contributed by atoms with Crippen molar-refractivity contribution in [3.05, 3.63) is 0 Å². The highest BCUT2D eigenvalue weighted by molar-refractivity contribution is 4.68. The lowest BCUT2D eigenvalue weighted by Crippen LogP contribution is -2.30. The van der Waals surface area contributed by atoms with Crippen LogP contribution in [0.5, 0.6) is 0 Å². The molecule has 1 unspecified atom stereocenters. The highest BCUT2D eigenvalue weighted by atomic mass is 19.4. The minimum atomic E-state index is -4.27. The molecule has 0 aliphatic carbocycles. The molecule has 1 aliphatic rings. The molecule has 0 saturated carbocycles. The number of ether oxygens (including phenoxy) is 2. The topological polar surface area (TPSA) is 18.5 Å². The summed E-state index contributed by atoms with van der Waals surface area (Å²) in [5, 5.41) is 0. The Hall–Kier alpha value is -0.290. The smallest absolute Gasteiger partial charge is 0.352 e. The predicted molar refractivity (Wildman–Crippen MR) is 21.7 cm³/mol. The van der Waals surface area contributed by atoms with Gasteiger partial charge in [-0.05, 0) is 0 Å². The quantitative estimate of drug-likeness (QED) is 0.500. The maximum absolute atomic E-state index is 11.6. The SMILES string of the molecule is FC(F)(F)C1COCO1. The van der Waals surface area contributed by atoms with E-state index in [0.717, 1.165) is 0 Å². The van der Waals surface area contributed by atoms with Gasteiger partial charge in [-0.15, -0.1) is 0 Å². The van der Waals surface area contributed by atoms with Crippen LogP contribution in [-0.4, -0.2) is 25.7 Å². The molecule has 1 fully saturated rings. The molecule has 5 heteroatoms. The number of alkyl halides is 3. The first-order valence-corrected chi connectivity index (χ1v) is 2.37. The molecular weight excluding hydrogens is 137 g/mol. The first kappa shape index (κ1) is 6.82. The van der Waals surface area contributed by atoms with Gasteiger partial charge >= 0.3 is 6.18 Å². The molecule has 0 N–H and O–H groups in total. The van der Waals surface area contributed by atoms with E-state index in [1.54, 1.807) is 0 Å². The largest absolute Gasteiger partial charge is 0.417 e. The zero-order valence-corrected chi connectivity index (χ0v) is 4.44. The lowest BCUT2D eigenvalue weighted by molar-refractivity contribution is -0.202. The van der Waals surface area contributed by atoms with Crippen molar-refractivity contribution in [2.24, 2.45) is 0 Å². The van der Waals surface area contributed by atoms with Crippen molar-refractivity contribution < 1.29 is 22.6 Å². The van der Waals surface area contributed by atoms with Crippen molar-refractivity contribution in [3.63, 3.8) is 0 Å². The lowest BCUT2D eigenvalue weighted by Gasteiger charge is -2.10. The fourth-order valence-corrected chi connectivity index (χ4v) is 0.522. The van der Waals surface area contributed by atoms with Crippen LogP contribution in [0.4, 0.5) is 13.2 Å². The number of hydrogen-bond acceptors (Lipinski definition) is 2. The Kier molecular flexibility index (Phi) is 1.63. The highest BCUT2D eigenvalue weighted by Gasteiger charge is 2.43. The van der Waals surface area contributed by atoms with E-state index in [0.29, 0.717) is 0 Å². The Morgan fingerprint density at radius 1 is 1.33 bits per heavy atom. The summed E-state index contributed by atoms with van der Waals surface area (Å²) in [7, 11) is 0. The van der Waals surface area contributed by atoms with Crippen LogP contribution >= 0.6 is 0 Å². The van der Waals surface area contributed by atoms with Gasteiger partial charge in [-0.1, -0.05) is 0 Å². The number of rotatable bonds is 0. The molecular formula is C4H5F3O2. The minimum absolute atomic E-state index is 0.246. The van der Waals surface area contributed by atoms with Gasteiger partial charge in [0.1, 0.15) is 6.79 Å². The molecule has 1 saturated heterocycles. The van der Waals surface area contributed by atoms with Crippen molar-refractivity contribution in [3.8, 4) is 0 Å². The van der Waals surface area contributed by atoms with E-state index in [-0.39, 0.29) is 13.4 Å². The van der Waals surface area contributed by atoms with Gasteiger partial charge in [-0.2, -0.15) is 13.2 Å². The second-order valence-corrected chi connectivity index (χ2v) is 1.69. The molecule has 1 atom stereocenters. The zero-order chi connectivity index (χ0) is 6.91. The third-order valence-electron chi connectivity index (χ3n) is 0.987. The molecule has 0 aromatic heterocycles. The summed E-state index contributed by atoms with van der Waals surface area (Å²) in [4.78, 5) is 0. The summed E-state index contributed by atoms with van der Waals surface area (Å²) in [6, 6.07) is 0. The highest BCUT2D eigenvalue weighted by Crippen LogP contribution is 2.25. The maximum atomic E-state index is 11.6. The molecule has 54 valence electrons. The van der Waals surface area contributed by atoms with Crippen LogP contribution in [0.3, 0.4) is 0 Å². The molecule has 0 aromatic rings. The Balaban J connectivity index is 2.42. The molecule has 9 heavy (non-hydrogen) atoms. The summed E-state index contributed by atoms with van der Waals surface area (Å²) < 4.78 is 43.2. The first-order chi connectivity index (χ1) is 4.11. The maximum Gasteiger partial charge on any atom is 0.417 e. The predicted octanol–water partition coefficient (Wildman–Crippen LogP) is 0.922. The summed E-state index contributed by atoms with van der Waals surface area (Å²) in [6.45, 7) is -0.617. The lowest BCUT2D eigenvalue weighted by atomic mass is 10.4. The average Bonchev–Trinajstić information content (AvgIpc) is 2.08. The van der Waals surface area contributed by atoms with Crippen molar-refractivity contribution >= 4 is 0 Å². The van der Waals surface area contributed by atoms with Crippen molar-refractivity contribution in [1.82, 2.24) is 0 Å². The second kappa shape index (κ2) is 2.15. The molecule has 0 amide bonds. The van der Waals surface area contributed by atoms with Crippen molar-refractivity contribution in [2.75, 3.05) is 13.4 Å². The molecule has 1 rings (SSSR count). The Bertz CT molecular complexity index is 94.5. The van der Waals surface area contributed by atoms with E-state index in [4.69, 9.17) is 0 Å².